The summed E-state index contributed by atoms with van der Waals surface area (Å²) < 4.78 is 31.8. The average molecular weight is 397 g/mol. The first-order chi connectivity index (χ1) is 12.8. The van der Waals surface area contributed by atoms with Gasteiger partial charge in [0.1, 0.15) is 6.04 Å². The molecule has 2 rings (SSSR count). The number of hydrogen-bond acceptors (Lipinski definition) is 5. The van der Waals surface area contributed by atoms with Gasteiger partial charge in [-0.05, 0) is 23.8 Å². The number of anilines is 1. The lowest BCUT2D eigenvalue weighted by atomic mass is 10.1. The highest BCUT2D eigenvalue weighted by molar-refractivity contribution is 7.89. The molecular formula is C18H27N3O5S. The SMILES string of the molecule is CCN(CC)S(=O)(=O)c1ccc2c(c1)C[C@@H](C(=O)NCCOC)N2C(C)=O. The first kappa shape index (κ1) is 21.3. The van der Waals surface area contributed by atoms with E-state index in [4.69, 9.17) is 4.74 Å². The molecule has 0 aromatic heterocycles. The van der Waals surface area contributed by atoms with Crippen molar-refractivity contribution in [3.63, 3.8) is 0 Å². The van der Waals surface area contributed by atoms with Gasteiger partial charge in [-0.1, -0.05) is 13.8 Å². The Bertz CT molecular complexity index is 805. The third-order valence-electron chi connectivity index (χ3n) is 4.63. The van der Waals surface area contributed by atoms with E-state index in [9.17, 15) is 18.0 Å². The average Bonchev–Trinajstić information content (AvgIpc) is 3.01. The van der Waals surface area contributed by atoms with Crippen LogP contribution in [-0.4, -0.2) is 63.9 Å². The molecule has 1 heterocycles. The zero-order valence-electron chi connectivity index (χ0n) is 16.2. The minimum Gasteiger partial charge on any atom is -0.383 e. The summed E-state index contributed by atoms with van der Waals surface area (Å²) in [6, 6.07) is 3.98. The topological polar surface area (TPSA) is 96.0 Å². The molecule has 0 unspecified atom stereocenters. The Morgan fingerprint density at radius 3 is 2.52 bits per heavy atom. The highest BCUT2D eigenvalue weighted by Gasteiger charge is 2.37. The number of carbonyl (C=O) groups is 2. The standard InChI is InChI=1S/C18H27N3O5S/c1-5-20(6-2)27(24,25)15-7-8-16-14(11-15)12-17(21(16)13(3)22)18(23)19-9-10-26-4/h7-8,11,17H,5-6,9-10,12H2,1-4H3,(H,19,23)/t17-/m0/s1. The summed E-state index contributed by atoms with van der Waals surface area (Å²) in [5.41, 5.74) is 1.25. The zero-order chi connectivity index (χ0) is 20.2. The van der Waals surface area contributed by atoms with Gasteiger partial charge in [-0.25, -0.2) is 8.42 Å². The Hall–Kier alpha value is -1.97. The van der Waals surface area contributed by atoms with E-state index in [1.54, 1.807) is 26.0 Å². The number of fused-ring (bicyclic) bond motifs is 1. The van der Waals surface area contributed by atoms with Gasteiger partial charge in [0.05, 0.1) is 11.5 Å². The summed E-state index contributed by atoms with van der Waals surface area (Å²) >= 11 is 0. The normalized spacial score (nSPS) is 16.5. The van der Waals surface area contributed by atoms with Crippen molar-refractivity contribution in [1.29, 1.82) is 0 Å². The third-order valence-corrected chi connectivity index (χ3v) is 6.67. The maximum absolute atomic E-state index is 12.8. The van der Waals surface area contributed by atoms with E-state index in [1.807, 2.05) is 0 Å². The molecule has 2 amide bonds. The van der Waals surface area contributed by atoms with Crippen LogP contribution in [0.1, 0.15) is 26.3 Å². The monoisotopic (exact) mass is 397 g/mol. The fourth-order valence-corrected chi connectivity index (χ4v) is 4.80. The Labute approximate surface area is 160 Å². The summed E-state index contributed by atoms with van der Waals surface area (Å²) in [4.78, 5) is 26.2. The number of methoxy groups -OCH3 is 1. The second kappa shape index (κ2) is 8.81. The summed E-state index contributed by atoms with van der Waals surface area (Å²) in [5.74, 6) is -0.549. The highest BCUT2D eigenvalue weighted by atomic mass is 32.2. The fraction of sp³-hybridized carbons (Fsp3) is 0.556. The minimum absolute atomic E-state index is 0.175. The molecule has 0 spiro atoms. The number of hydrogen-bond donors (Lipinski definition) is 1. The number of amides is 2. The Kier molecular flexibility index (Phi) is 6.96. The van der Waals surface area contributed by atoms with Crippen LogP contribution in [0, 0.1) is 0 Å². The smallest absolute Gasteiger partial charge is 0.243 e. The van der Waals surface area contributed by atoms with Gasteiger partial charge in [0, 0.05) is 45.8 Å². The maximum atomic E-state index is 12.8. The molecule has 9 heteroatoms. The van der Waals surface area contributed by atoms with Crippen LogP contribution in [0.15, 0.2) is 23.1 Å². The van der Waals surface area contributed by atoms with Gasteiger partial charge >= 0.3 is 0 Å². The Morgan fingerprint density at radius 2 is 1.96 bits per heavy atom. The van der Waals surface area contributed by atoms with Gasteiger partial charge in [0.25, 0.3) is 0 Å². The molecule has 27 heavy (non-hydrogen) atoms. The lowest BCUT2D eigenvalue weighted by molar-refractivity contribution is -0.125. The van der Waals surface area contributed by atoms with Crippen molar-refractivity contribution in [1.82, 2.24) is 9.62 Å². The summed E-state index contributed by atoms with van der Waals surface area (Å²) in [6.07, 6.45) is 0.273. The van der Waals surface area contributed by atoms with Crippen molar-refractivity contribution in [3.05, 3.63) is 23.8 Å². The van der Waals surface area contributed by atoms with Gasteiger partial charge in [-0.15, -0.1) is 0 Å². The lowest BCUT2D eigenvalue weighted by Gasteiger charge is -2.23. The van der Waals surface area contributed by atoms with Gasteiger partial charge in [0.2, 0.25) is 21.8 Å². The molecule has 0 bridgehead atoms. The van der Waals surface area contributed by atoms with Crippen LogP contribution in [0.4, 0.5) is 5.69 Å². The van der Waals surface area contributed by atoms with E-state index in [1.165, 1.54) is 29.3 Å². The first-order valence-corrected chi connectivity index (χ1v) is 10.4. The van der Waals surface area contributed by atoms with Gasteiger partial charge < -0.3 is 10.1 Å². The molecule has 0 radical (unpaired) electrons. The quantitative estimate of drug-likeness (QED) is 0.654. The van der Waals surface area contributed by atoms with Gasteiger partial charge in [0.15, 0.2) is 0 Å². The van der Waals surface area contributed by atoms with E-state index in [2.05, 4.69) is 5.32 Å². The molecule has 0 aliphatic carbocycles. The predicted molar refractivity (Wildman–Crippen MR) is 102 cm³/mol. The zero-order valence-corrected chi connectivity index (χ0v) is 17.0. The summed E-state index contributed by atoms with van der Waals surface area (Å²) in [6.45, 7) is 6.43. The summed E-state index contributed by atoms with van der Waals surface area (Å²) in [7, 11) is -2.06. The van der Waals surface area contributed by atoms with Crippen LogP contribution in [0.3, 0.4) is 0 Å². The van der Waals surface area contributed by atoms with Crippen LogP contribution >= 0.6 is 0 Å². The Morgan fingerprint density at radius 1 is 1.30 bits per heavy atom. The number of nitrogens with zero attached hydrogens (tertiary/aromatic N) is 2. The second-order valence-electron chi connectivity index (χ2n) is 6.27. The van der Waals surface area contributed by atoms with E-state index in [0.29, 0.717) is 37.5 Å². The molecule has 1 N–H and O–H groups in total. The van der Waals surface area contributed by atoms with Crippen molar-refractivity contribution in [2.45, 2.75) is 38.1 Å². The lowest BCUT2D eigenvalue weighted by Crippen LogP contribution is -2.48. The van der Waals surface area contributed by atoms with E-state index in [-0.39, 0.29) is 23.1 Å². The van der Waals surface area contributed by atoms with E-state index < -0.39 is 16.1 Å². The largest absolute Gasteiger partial charge is 0.383 e. The van der Waals surface area contributed by atoms with Crippen LogP contribution in [0.2, 0.25) is 0 Å². The Balaban J connectivity index is 2.34. The molecule has 1 aromatic rings. The molecule has 1 aliphatic rings. The number of ether oxygens (including phenoxy) is 1. The molecule has 0 saturated carbocycles. The number of rotatable bonds is 8. The second-order valence-corrected chi connectivity index (χ2v) is 8.21. The molecule has 1 aromatic carbocycles. The number of sulfonamides is 1. The third kappa shape index (κ3) is 4.31. The molecule has 1 atom stereocenters. The molecular weight excluding hydrogens is 370 g/mol. The van der Waals surface area contributed by atoms with Crippen LogP contribution in [0.5, 0.6) is 0 Å². The number of carbonyl (C=O) groups excluding carboxylic acids is 2. The highest BCUT2D eigenvalue weighted by Crippen LogP contribution is 2.34. The van der Waals surface area contributed by atoms with Crippen molar-refractivity contribution in [3.8, 4) is 0 Å². The fourth-order valence-electron chi connectivity index (χ4n) is 3.29. The number of nitrogens with one attached hydrogen (secondary N) is 1. The van der Waals surface area contributed by atoms with Gasteiger partial charge in [-0.2, -0.15) is 4.31 Å². The predicted octanol–water partition coefficient (Wildman–Crippen LogP) is 0.757. The molecule has 1 aliphatic heterocycles. The molecule has 0 fully saturated rings. The number of benzene rings is 1. The van der Waals surface area contributed by atoms with Crippen molar-refractivity contribution in [2.75, 3.05) is 38.3 Å². The first-order valence-electron chi connectivity index (χ1n) is 8.97. The van der Waals surface area contributed by atoms with Crippen molar-refractivity contribution in [2.24, 2.45) is 0 Å². The minimum atomic E-state index is -3.60. The molecule has 150 valence electrons. The molecule has 0 saturated heterocycles. The maximum Gasteiger partial charge on any atom is 0.243 e. The summed E-state index contributed by atoms with van der Waals surface area (Å²) in [5, 5.41) is 2.74. The van der Waals surface area contributed by atoms with Crippen LogP contribution < -0.4 is 10.2 Å². The van der Waals surface area contributed by atoms with E-state index in [0.717, 1.165) is 0 Å². The van der Waals surface area contributed by atoms with Crippen LogP contribution in [-0.2, 0) is 30.8 Å². The van der Waals surface area contributed by atoms with Crippen molar-refractivity contribution >= 4 is 27.5 Å². The molecule has 8 nitrogen and oxygen atoms in total. The van der Waals surface area contributed by atoms with Gasteiger partial charge in [-0.3, -0.25) is 14.5 Å². The van der Waals surface area contributed by atoms with Crippen LogP contribution in [0.25, 0.3) is 0 Å². The van der Waals surface area contributed by atoms with E-state index >= 15 is 0 Å². The van der Waals surface area contributed by atoms with Crippen molar-refractivity contribution < 1.29 is 22.7 Å².